The molecule has 0 aliphatic heterocycles. The number of hydrogen-bond acceptors (Lipinski definition) is 6. The van der Waals surface area contributed by atoms with E-state index in [1.165, 1.54) is 30.9 Å². The number of rotatable bonds is 15. The second-order valence-electron chi connectivity index (χ2n) is 9.89. The van der Waals surface area contributed by atoms with Crippen LogP contribution in [0.25, 0.3) is 0 Å². The average molecular weight is 564 g/mol. The van der Waals surface area contributed by atoms with Crippen molar-refractivity contribution in [1.29, 1.82) is 0 Å². The Kier molecular flexibility index (Phi) is 12.8. The van der Waals surface area contributed by atoms with Crippen LogP contribution in [0.1, 0.15) is 69.2 Å². The smallest absolute Gasteiger partial charge is 0.268 e. The lowest BCUT2D eigenvalue weighted by molar-refractivity contribution is 0.239. The maximum absolute atomic E-state index is 10.4. The van der Waals surface area contributed by atoms with E-state index in [9.17, 15) is 4.89 Å². The van der Waals surface area contributed by atoms with Crippen molar-refractivity contribution in [3.8, 4) is 0 Å². The summed E-state index contributed by atoms with van der Waals surface area (Å²) in [6, 6.07) is 17.0. The Labute approximate surface area is 231 Å². The zero-order valence-electron chi connectivity index (χ0n) is 23.5. The molecule has 0 aliphatic carbocycles. The van der Waals surface area contributed by atoms with Crippen molar-refractivity contribution in [3.63, 3.8) is 0 Å². The number of thiol groups is 1. The second-order valence-corrected chi connectivity index (χ2v) is 15.5. The Morgan fingerprint density at radius 2 is 1.70 bits per heavy atom. The van der Waals surface area contributed by atoms with Gasteiger partial charge in [-0.05, 0) is 61.3 Å². The van der Waals surface area contributed by atoms with Gasteiger partial charge in [0.2, 0.25) is 0 Å². The van der Waals surface area contributed by atoms with Crippen molar-refractivity contribution >= 4 is 33.7 Å². The Bertz CT molecular complexity index is 1010. The molecule has 1 N–H and O–H groups in total. The van der Waals surface area contributed by atoms with Crippen molar-refractivity contribution < 1.29 is 13.9 Å². The standard InChI is InChI=1S/C29H45N2O3P2S/c1-9-24(19-23(3)4)20-25-11-13-26(14-12-25)21-30-31(6)35(37)29(5,10-2)28-17-15-27(16-18-28)22-36(32,33-7)34-8/h11-18,21,24,32,37H,3,9-10,19-20,22H2,1-2,4-8H3/q+1. The first kappa shape index (κ1) is 32.0. The Balaban J connectivity index is 2.09. The summed E-state index contributed by atoms with van der Waals surface area (Å²) >= 11 is 5.06. The Hall–Kier alpha value is -1.26. The van der Waals surface area contributed by atoms with E-state index in [1.54, 1.807) is 0 Å². The summed E-state index contributed by atoms with van der Waals surface area (Å²) in [6.45, 7) is 12.9. The SMILES string of the molecule is C=C(C)CC(CC)Cc1ccc(C=NN(C)P(S)C(C)(CC)c2ccc(C[P+](O)(OC)OC)cc2)cc1. The van der Waals surface area contributed by atoms with Crippen molar-refractivity contribution in [1.82, 2.24) is 4.78 Å². The molecule has 0 aliphatic rings. The van der Waals surface area contributed by atoms with Crippen LogP contribution >= 0.6 is 27.5 Å². The topological polar surface area (TPSA) is 54.3 Å². The van der Waals surface area contributed by atoms with Gasteiger partial charge in [-0.1, -0.05) is 74.4 Å². The van der Waals surface area contributed by atoms with E-state index in [0.717, 1.165) is 36.8 Å². The molecule has 3 atom stereocenters. The first-order chi connectivity index (χ1) is 17.5. The van der Waals surface area contributed by atoms with Gasteiger partial charge in [-0.3, -0.25) is 4.78 Å². The van der Waals surface area contributed by atoms with Gasteiger partial charge in [-0.25, -0.2) is 0 Å². The van der Waals surface area contributed by atoms with Gasteiger partial charge in [0.1, 0.15) is 0 Å². The van der Waals surface area contributed by atoms with Crippen LogP contribution in [0.15, 0.2) is 65.8 Å². The van der Waals surface area contributed by atoms with Gasteiger partial charge in [-0.15, -0.1) is 18.8 Å². The molecule has 0 aromatic heterocycles. The number of nitrogens with zero attached hydrogens (tertiary/aromatic N) is 2. The van der Waals surface area contributed by atoms with Crippen LogP contribution in [0, 0.1) is 5.92 Å². The molecule has 2 aromatic carbocycles. The predicted molar refractivity (Wildman–Crippen MR) is 166 cm³/mol. The molecule has 0 amide bonds. The third-order valence-corrected chi connectivity index (χ3v) is 13.1. The minimum Gasteiger partial charge on any atom is -0.268 e. The number of hydrogen-bond donors (Lipinski definition) is 2. The van der Waals surface area contributed by atoms with E-state index < -0.39 is 15.2 Å². The fraction of sp³-hybridized carbons (Fsp3) is 0.483. The third kappa shape index (κ3) is 9.17. The summed E-state index contributed by atoms with van der Waals surface area (Å²) in [4.78, 5) is 10.4. The van der Waals surface area contributed by atoms with Gasteiger partial charge in [0.05, 0.1) is 27.7 Å². The van der Waals surface area contributed by atoms with Crippen LogP contribution in [-0.4, -0.2) is 37.2 Å². The molecule has 204 valence electrons. The van der Waals surface area contributed by atoms with Crippen molar-refractivity contribution in [2.24, 2.45) is 11.0 Å². The molecule has 37 heavy (non-hydrogen) atoms. The number of hydrazone groups is 1. The number of allylic oxidation sites excluding steroid dienone is 1. The second kappa shape index (κ2) is 14.8. The quantitative estimate of drug-likeness (QED) is 0.0749. The molecular weight excluding hydrogens is 518 g/mol. The van der Waals surface area contributed by atoms with E-state index in [2.05, 4.69) is 70.7 Å². The highest BCUT2D eigenvalue weighted by Gasteiger charge is 2.39. The summed E-state index contributed by atoms with van der Waals surface area (Å²) in [6.07, 6.45) is 6.52. The Morgan fingerprint density at radius 3 is 2.19 bits per heavy atom. The van der Waals surface area contributed by atoms with Gasteiger partial charge in [0.15, 0.2) is 6.16 Å². The first-order valence-corrected chi connectivity index (χ1v) is 17.0. The largest absolute Gasteiger partial charge is 0.412 e. The molecule has 0 fully saturated rings. The summed E-state index contributed by atoms with van der Waals surface area (Å²) in [5.41, 5.74) is 5.86. The lowest BCUT2D eigenvalue weighted by Crippen LogP contribution is -2.23. The van der Waals surface area contributed by atoms with E-state index in [1.807, 2.05) is 30.2 Å². The molecule has 5 nitrogen and oxygen atoms in total. The lowest BCUT2D eigenvalue weighted by Gasteiger charge is -2.38. The van der Waals surface area contributed by atoms with Crippen LogP contribution < -0.4 is 0 Å². The van der Waals surface area contributed by atoms with E-state index in [0.29, 0.717) is 12.1 Å². The van der Waals surface area contributed by atoms with Crippen LogP contribution in [0.5, 0.6) is 0 Å². The van der Waals surface area contributed by atoms with Crippen LogP contribution in [-0.2, 0) is 26.8 Å². The zero-order chi connectivity index (χ0) is 27.6. The van der Waals surface area contributed by atoms with Gasteiger partial charge in [0, 0.05) is 12.2 Å². The maximum Gasteiger partial charge on any atom is 0.412 e. The minimum atomic E-state index is -2.85. The van der Waals surface area contributed by atoms with Gasteiger partial charge in [-0.2, -0.15) is 19.0 Å². The van der Waals surface area contributed by atoms with Gasteiger partial charge >= 0.3 is 7.94 Å². The van der Waals surface area contributed by atoms with Crippen LogP contribution in [0.2, 0.25) is 0 Å². The molecule has 2 rings (SSSR count). The molecule has 8 heteroatoms. The van der Waals surface area contributed by atoms with E-state index in [-0.39, 0.29) is 5.16 Å². The predicted octanol–water partition coefficient (Wildman–Crippen LogP) is 8.60. The summed E-state index contributed by atoms with van der Waals surface area (Å²) in [5, 5.41) is 4.59. The number of benzene rings is 2. The lowest BCUT2D eigenvalue weighted by atomic mass is 9.91. The summed E-state index contributed by atoms with van der Waals surface area (Å²) < 4.78 is 12.4. The molecule has 0 radical (unpaired) electrons. The molecule has 0 heterocycles. The van der Waals surface area contributed by atoms with Crippen LogP contribution in [0.3, 0.4) is 0 Å². The average Bonchev–Trinajstić information content (AvgIpc) is 2.91. The van der Waals surface area contributed by atoms with E-state index in [4.69, 9.17) is 26.4 Å². The maximum atomic E-state index is 10.4. The highest BCUT2D eigenvalue weighted by Crippen LogP contribution is 2.63. The first-order valence-electron chi connectivity index (χ1n) is 12.8. The van der Waals surface area contributed by atoms with Gasteiger partial charge < -0.3 is 0 Å². The molecule has 0 spiro atoms. The molecule has 0 saturated carbocycles. The van der Waals surface area contributed by atoms with Crippen molar-refractivity contribution in [2.75, 3.05) is 21.3 Å². The fourth-order valence-electron chi connectivity index (χ4n) is 4.31. The van der Waals surface area contributed by atoms with Crippen molar-refractivity contribution in [2.45, 2.75) is 64.7 Å². The third-order valence-electron chi connectivity index (χ3n) is 7.03. The van der Waals surface area contributed by atoms with E-state index >= 15 is 0 Å². The highest BCUT2D eigenvalue weighted by atomic mass is 32.7. The molecular formula is C29H45N2O3P2S+. The normalized spacial score (nSPS) is 15.4. The fourth-order valence-corrected chi connectivity index (χ4v) is 7.75. The molecule has 3 unspecified atom stereocenters. The molecule has 2 aromatic rings. The molecule has 0 saturated heterocycles. The van der Waals surface area contributed by atoms with Crippen molar-refractivity contribution in [3.05, 3.63) is 82.9 Å². The Morgan fingerprint density at radius 1 is 1.14 bits per heavy atom. The molecule has 0 bridgehead atoms. The summed E-state index contributed by atoms with van der Waals surface area (Å²) in [7, 11) is 1.20. The summed E-state index contributed by atoms with van der Waals surface area (Å²) in [5.74, 6) is 0.643. The zero-order valence-corrected chi connectivity index (χ0v) is 26.2. The minimum absolute atomic E-state index is 0.167. The van der Waals surface area contributed by atoms with Crippen LogP contribution in [0.4, 0.5) is 0 Å². The highest BCUT2D eigenvalue weighted by molar-refractivity contribution is 8.44. The monoisotopic (exact) mass is 563 g/mol. The van der Waals surface area contributed by atoms with Gasteiger partial charge in [0.25, 0.3) is 0 Å².